The van der Waals surface area contributed by atoms with Crippen LogP contribution in [0.5, 0.6) is 0 Å². The highest BCUT2D eigenvalue weighted by molar-refractivity contribution is 6.32. The van der Waals surface area contributed by atoms with E-state index in [9.17, 15) is 14.9 Å². The van der Waals surface area contributed by atoms with Crippen LogP contribution in [0.2, 0.25) is 10.0 Å². The molecule has 2 aromatic rings. The minimum Gasteiger partial charge on any atom is -0.289 e. The van der Waals surface area contributed by atoms with Gasteiger partial charge in [0.1, 0.15) is 5.02 Å². The van der Waals surface area contributed by atoms with Crippen LogP contribution in [-0.2, 0) is 0 Å². The van der Waals surface area contributed by atoms with E-state index in [2.05, 4.69) is 0 Å². The van der Waals surface area contributed by atoms with E-state index in [1.807, 2.05) is 0 Å². The lowest BCUT2D eigenvalue weighted by molar-refractivity contribution is -0.384. The van der Waals surface area contributed by atoms with Crippen molar-refractivity contribution in [2.24, 2.45) is 0 Å². The van der Waals surface area contributed by atoms with Crippen LogP contribution in [0.4, 0.5) is 5.69 Å². The van der Waals surface area contributed by atoms with Gasteiger partial charge in [0.25, 0.3) is 5.69 Å². The van der Waals surface area contributed by atoms with Crippen LogP contribution in [0.25, 0.3) is 6.08 Å². The summed E-state index contributed by atoms with van der Waals surface area (Å²) in [5.74, 6) is -0.241. The molecule has 0 saturated carbocycles. The van der Waals surface area contributed by atoms with E-state index in [0.717, 1.165) is 0 Å². The first-order chi connectivity index (χ1) is 9.97. The Balaban J connectivity index is 2.23. The van der Waals surface area contributed by atoms with Gasteiger partial charge in [0, 0.05) is 16.7 Å². The smallest absolute Gasteiger partial charge is 0.288 e. The molecule has 106 valence electrons. The van der Waals surface area contributed by atoms with Crippen LogP contribution in [0.15, 0.2) is 48.5 Å². The molecule has 0 bridgehead atoms. The second-order valence-corrected chi connectivity index (χ2v) is 5.02. The molecule has 0 spiro atoms. The lowest BCUT2D eigenvalue weighted by Crippen LogP contribution is -1.94. The van der Waals surface area contributed by atoms with Crippen LogP contribution in [0.3, 0.4) is 0 Å². The fourth-order valence-corrected chi connectivity index (χ4v) is 2.06. The van der Waals surface area contributed by atoms with Gasteiger partial charge in [-0.05, 0) is 29.8 Å². The lowest BCUT2D eigenvalue weighted by Gasteiger charge is -1.98. The molecule has 0 aliphatic heterocycles. The summed E-state index contributed by atoms with van der Waals surface area (Å²) in [6, 6.07) is 10.9. The molecule has 0 atom stereocenters. The molecule has 0 heterocycles. The molecule has 0 unspecified atom stereocenters. The zero-order chi connectivity index (χ0) is 15.4. The standard InChI is InChI=1S/C15H9Cl2NO3/c16-12-3-1-2-11(9-12)15(19)7-5-10-4-6-13(17)14(8-10)18(20)21/h1-9H. The van der Waals surface area contributed by atoms with Crippen molar-refractivity contribution in [2.75, 3.05) is 0 Å². The van der Waals surface area contributed by atoms with Gasteiger partial charge < -0.3 is 0 Å². The summed E-state index contributed by atoms with van der Waals surface area (Å²) in [7, 11) is 0. The highest BCUT2D eigenvalue weighted by Crippen LogP contribution is 2.25. The van der Waals surface area contributed by atoms with E-state index in [1.54, 1.807) is 30.3 Å². The molecular weight excluding hydrogens is 313 g/mol. The SMILES string of the molecule is O=C(C=Cc1ccc(Cl)c([N+](=O)[O-])c1)c1cccc(Cl)c1. The molecule has 0 saturated heterocycles. The van der Waals surface area contributed by atoms with Crippen molar-refractivity contribution in [3.05, 3.63) is 79.8 Å². The largest absolute Gasteiger partial charge is 0.289 e. The number of carbonyl (C=O) groups excluding carboxylic acids is 1. The molecule has 2 aromatic carbocycles. The van der Waals surface area contributed by atoms with Crippen LogP contribution >= 0.6 is 23.2 Å². The zero-order valence-corrected chi connectivity index (χ0v) is 12.1. The second-order valence-electron chi connectivity index (χ2n) is 4.18. The van der Waals surface area contributed by atoms with Crippen molar-refractivity contribution in [3.63, 3.8) is 0 Å². The Morgan fingerprint density at radius 1 is 1.14 bits per heavy atom. The maximum Gasteiger partial charge on any atom is 0.288 e. The van der Waals surface area contributed by atoms with Gasteiger partial charge in [-0.2, -0.15) is 0 Å². The maximum absolute atomic E-state index is 12.0. The third-order valence-electron chi connectivity index (χ3n) is 2.70. The van der Waals surface area contributed by atoms with Crippen molar-refractivity contribution in [1.29, 1.82) is 0 Å². The Bertz CT molecular complexity index is 741. The number of nitro groups is 1. The van der Waals surface area contributed by atoms with Crippen LogP contribution in [0.1, 0.15) is 15.9 Å². The Hall–Kier alpha value is -2.17. The van der Waals surface area contributed by atoms with E-state index in [0.29, 0.717) is 16.1 Å². The summed E-state index contributed by atoms with van der Waals surface area (Å²) in [4.78, 5) is 22.2. The predicted octanol–water partition coefficient (Wildman–Crippen LogP) is 4.80. The Kier molecular flexibility index (Phi) is 4.73. The zero-order valence-electron chi connectivity index (χ0n) is 10.6. The highest BCUT2D eigenvalue weighted by atomic mass is 35.5. The number of halogens is 2. The van der Waals surface area contributed by atoms with Crippen molar-refractivity contribution < 1.29 is 9.72 Å². The number of allylic oxidation sites excluding steroid dienone is 1. The minimum atomic E-state index is -0.571. The number of nitro benzene ring substituents is 1. The Morgan fingerprint density at radius 3 is 2.57 bits per heavy atom. The van der Waals surface area contributed by atoms with Crippen molar-refractivity contribution in [1.82, 2.24) is 0 Å². The van der Waals surface area contributed by atoms with Crippen molar-refractivity contribution in [3.8, 4) is 0 Å². The van der Waals surface area contributed by atoms with Crippen molar-refractivity contribution >= 4 is 40.7 Å². The average molecular weight is 322 g/mol. The summed E-state index contributed by atoms with van der Waals surface area (Å²) in [5, 5.41) is 11.3. The molecule has 0 fully saturated rings. The van der Waals surface area contributed by atoms with E-state index in [4.69, 9.17) is 23.2 Å². The van der Waals surface area contributed by atoms with E-state index >= 15 is 0 Å². The van der Waals surface area contributed by atoms with Gasteiger partial charge in [-0.15, -0.1) is 0 Å². The molecule has 4 nitrogen and oxygen atoms in total. The number of benzene rings is 2. The molecule has 0 aromatic heterocycles. The first-order valence-electron chi connectivity index (χ1n) is 5.89. The molecule has 2 rings (SSSR count). The molecule has 6 heteroatoms. The quantitative estimate of drug-likeness (QED) is 0.352. The fourth-order valence-electron chi connectivity index (χ4n) is 1.68. The van der Waals surface area contributed by atoms with Gasteiger partial charge in [0.2, 0.25) is 0 Å². The topological polar surface area (TPSA) is 60.2 Å². The lowest BCUT2D eigenvalue weighted by atomic mass is 10.1. The molecule has 0 aliphatic rings. The van der Waals surface area contributed by atoms with Crippen LogP contribution < -0.4 is 0 Å². The average Bonchev–Trinajstić information content (AvgIpc) is 2.45. The maximum atomic E-state index is 12.0. The molecule has 21 heavy (non-hydrogen) atoms. The summed E-state index contributed by atoms with van der Waals surface area (Å²) in [5.41, 5.74) is 0.762. The van der Waals surface area contributed by atoms with Crippen LogP contribution in [-0.4, -0.2) is 10.7 Å². The summed E-state index contributed by atoms with van der Waals surface area (Å²) >= 11 is 11.5. The number of hydrogen-bond donors (Lipinski definition) is 0. The van der Waals surface area contributed by atoms with Gasteiger partial charge in [-0.1, -0.05) is 47.5 Å². The number of ketones is 1. The van der Waals surface area contributed by atoms with E-state index in [-0.39, 0.29) is 16.5 Å². The third-order valence-corrected chi connectivity index (χ3v) is 3.26. The fraction of sp³-hybridized carbons (Fsp3) is 0. The van der Waals surface area contributed by atoms with Gasteiger partial charge in [-0.3, -0.25) is 14.9 Å². The highest BCUT2D eigenvalue weighted by Gasteiger charge is 2.11. The Labute approximate surface area is 130 Å². The van der Waals surface area contributed by atoms with E-state index in [1.165, 1.54) is 24.3 Å². The predicted molar refractivity (Wildman–Crippen MR) is 82.9 cm³/mol. The molecule has 0 amide bonds. The second kappa shape index (κ2) is 6.52. The molecule has 0 radical (unpaired) electrons. The number of nitrogens with zero attached hydrogens (tertiary/aromatic N) is 1. The Morgan fingerprint density at radius 2 is 1.90 bits per heavy atom. The summed E-state index contributed by atoms with van der Waals surface area (Å²) < 4.78 is 0. The number of carbonyl (C=O) groups is 1. The summed E-state index contributed by atoms with van der Waals surface area (Å²) in [6.45, 7) is 0. The number of rotatable bonds is 4. The van der Waals surface area contributed by atoms with Crippen LogP contribution in [0, 0.1) is 10.1 Å². The monoisotopic (exact) mass is 321 g/mol. The summed E-state index contributed by atoms with van der Waals surface area (Å²) in [6.07, 6.45) is 2.82. The van der Waals surface area contributed by atoms with Gasteiger partial charge in [0.15, 0.2) is 5.78 Å². The van der Waals surface area contributed by atoms with Crippen molar-refractivity contribution in [2.45, 2.75) is 0 Å². The number of hydrogen-bond acceptors (Lipinski definition) is 3. The minimum absolute atomic E-state index is 0.0540. The molecule has 0 N–H and O–H groups in total. The first kappa shape index (κ1) is 15.2. The third kappa shape index (κ3) is 3.90. The normalized spacial score (nSPS) is 10.8. The molecular formula is C15H9Cl2NO3. The molecule has 0 aliphatic carbocycles. The van der Waals surface area contributed by atoms with E-state index < -0.39 is 4.92 Å². The van der Waals surface area contributed by atoms with Gasteiger partial charge in [0.05, 0.1) is 4.92 Å². The first-order valence-corrected chi connectivity index (χ1v) is 6.65. The van der Waals surface area contributed by atoms with Gasteiger partial charge in [-0.25, -0.2) is 0 Å². The van der Waals surface area contributed by atoms with Gasteiger partial charge >= 0.3 is 0 Å².